The minimum atomic E-state index is 0.0394. The van der Waals surface area contributed by atoms with E-state index in [1.165, 1.54) is 50.5 Å². The van der Waals surface area contributed by atoms with Crippen molar-refractivity contribution in [3.63, 3.8) is 0 Å². The van der Waals surface area contributed by atoms with Gasteiger partial charge in [0.2, 0.25) is 5.91 Å². The van der Waals surface area contributed by atoms with Crippen LogP contribution in [0.4, 0.5) is 5.69 Å². The lowest BCUT2D eigenvalue weighted by atomic mass is 10.0. The number of carbonyl (C=O) groups excluding carboxylic acids is 1. The van der Waals surface area contributed by atoms with Crippen molar-refractivity contribution in [2.24, 2.45) is 0 Å². The fraction of sp³-hybridized carbons (Fsp3) is 0.588. The maximum absolute atomic E-state index is 12.5. The second-order valence-electron chi connectivity index (χ2n) is 6.76. The predicted molar refractivity (Wildman–Crippen MR) is 96.3 cm³/mol. The van der Waals surface area contributed by atoms with Crippen molar-refractivity contribution in [2.75, 3.05) is 38.0 Å². The number of hydrogen-bond donors (Lipinski definition) is 1. The molecule has 7 heteroatoms. The van der Waals surface area contributed by atoms with Crippen LogP contribution in [0.2, 0.25) is 0 Å². The van der Waals surface area contributed by atoms with Crippen molar-refractivity contribution in [3.05, 3.63) is 18.2 Å². The lowest BCUT2D eigenvalue weighted by molar-refractivity contribution is -0.117. The van der Waals surface area contributed by atoms with Crippen LogP contribution in [0, 0.1) is 0 Å². The van der Waals surface area contributed by atoms with Crippen LogP contribution in [0.3, 0.4) is 0 Å². The molecule has 3 heterocycles. The van der Waals surface area contributed by atoms with Crippen LogP contribution >= 0.6 is 11.7 Å². The van der Waals surface area contributed by atoms with E-state index in [4.69, 9.17) is 0 Å². The van der Waals surface area contributed by atoms with E-state index in [9.17, 15) is 4.79 Å². The second kappa shape index (κ2) is 7.13. The average molecular weight is 345 g/mol. The van der Waals surface area contributed by atoms with Gasteiger partial charge in [-0.3, -0.25) is 14.6 Å². The molecule has 1 aromatic heterocycles. The molecule has 0 aliphatic carbocycles. The highest BCUT2D eigenvalue weighted by Crippen LogP contribution is 2.22. The SMILES string of the molecule is O=C(CN1CCCC(N2CCCC2)C1)Nc1cccc2nsnc12. The summed E-state index contributed by atoms with van der Waals surface area (Å²) < 4.78 is 8.50. The Labute approximate surface area is 146 Å². The fourth-order valence-corrected chi connectivity index (χ4v) is 4.43. The van der Waals surface area contributed by atoms with Crippen molar-refractivity contribution in [2.45, 2.75) is 31.7 Å². The summed E-state index contributed by atoms with van der Waals surface area (Å²) in [5.74, 6) is 0.0394. The van der Waals surface area contributed by atoms with Crippen molar-refractivity contribution in [1.82, 2.24) is 18.5 Å². The van der Waals surface area contributed by atoms with Gasteiger partial charge in [0.1, 0.15) is 11.0 Å². The molecule has 2 aliphatic heterocycles. The van der Waals surface area contributed by atoms with Gasteiger partial charge in [-0.05, 0) is 57.5 Å². The average Bonchev–Trinajstić information content (AvgIpc) is 3.27. The number of amides is 1. The van der Waals surface area contributed by atoms with Crippen molar-refractivity contribution >= 4 is 34.4 Å². The molecule has 1 N–H and O–H groups in total. The molecule has 128 valence electrons. The van der Waals surface area contributed by atoms with E-state index >= 15 is 0 Å². The Morgan fingerprint density at radius 2 is 2.08 bits per heavy atom. The first-order valence-electron chi connectivity index (χ1n) is 8.77. The molecule has 2 aromatic rings. The Morgan fingerprint density at radius 1 is 1.21 bits per heavy atom. The first kappa shape index (κ1) is 15.9. The number of fused-ring (bicyclic) bond motifs is 1. The Hall–Kier alpha value is -1.57. The molecule has 0 saturated carbocycles. The number of anilines is 1. The molecule has 1 unspecified atom stereocenters. The Morgan fingerprint density at radius 3 is 2.96 bits per heavy atom. The van der Waals surface area contributed by atoms with Crippen LogP contribution in [0.15, 0.2) is 18.2 Å². The molecule has 0 spiro atoms. The van der Waals surface area contributed by atoms with Gasteiger partial charge in [0.05, 0.1) is 24.0 Å². The van der Waals surface area contributed by atoms with E-state index in [0.29, 0.717) is 12.6 Å². The number of hydrogen-bond acceptors (Lipinski definition) is 6. The molecule has 6 nitrogen and oxygen atoms in total. The van der Waals surface area contributed by atoms with Crippen LogP contribution in [0.25, 0.3) is 11.0 Å². The Bertz CT molecular complexity index is 712. The summed E-state index contributed by atoms with van der Waals surface area (Å²) in [5, 5.41) is 3.01. The predicted octanol–water partition coefficient (Wildman–Crippen LogP) is 2.19. The third-order valence-corrected chi connectivity index (χ3v) is 5.61. The molecule has 4 rings (SSSR count). The minimum absolute atomic E-state index is 0.0394. The second-order valence-corrected chi connectivity index (χ2v) is 7.29. The molecular formula is C17H23N5OS. The van der Waals surface area contributed by atoms with Crippen LogP contribution in [0.1, 0.15) is 25.7 Å². The summed E-state index contributed by atoms with van der Waals surface area (Å²) in [5.41, 5.74) is 2.38. The zero-order valence-electron chi connectivity index (χ0n) is 13.8. The summed E-state index contributed by atoms with van der Waals surface area (Å²) in [6.07, 6.45) is 5.09. The molecule has 1 amide bonds. The third-order valence-electron chi connectivity index (χ3n) is 5.07. The number of piperidine rings is 1. The normalized spacial score (nSPS) is 22.9. The van der Waals surface area contributed by atoms with E-state index in [1.807, 2.05) is 18.2 Å². The highest BCUT2D eigenvalue weighted by molar-refractivity contribution is 7.00. The van der Waals surface area contributed by atoms with E-state index < -0.39 is 0 Å². The van der Waals surface area contributed by atoms with Gasteiger partial charge in [-0.15, -0.1) is 0 Å². The molecule has 0 bridgehead atoms. The van der Waals surface area contributed by atoms with Crippen LogP contribution in [-0.4, -0.2) is 63.2 Å². The van der Waals surface area contributed by atoms with Gasteiger partial charge in [0, 0.05) is 12.6 Å². The van der Waals surface area contributed by atoms with E-state index in [-0.39, 0.29) is 5.91 Å². The zero-order valence-corrected chi connectivity index (χ0v) is 14.6. The molecule has 1 aromatic carbocycles. The number of rotatable bonds is 4. The van der Waals surface area contributed by atoms with E-state index in [1.54, 1.807) is 0 Å². The fourth-order valence-electron chi connectivity index (χ4n) is 3.88. The van der Waals surface area contributed by atoms with Gasteiger partial charge in [-0.2, -0.15) is 8.75 Å². The standard InChI is InChI=1S/C17H23N5OS/c23-16(18-14-6-3-7-15-17(14)20-24-19-15)12-21-8-4-5-13(11-21)22-9-1-2-10-22/h3,6-7,13H,1-2,4-5,8-12H2,(H,18,23). The minimum Gasteiger partial charge on any atom is -0.323 e. The Balaban J connectivity index is 1.36. The quantitative estimate of drug-likeness (QED) is 0.920. The van der Waals surface area contributed by atoms with E-state index in [0.717, 1.165) is 29.8 Å². The van der Waals surface area contributed by atoms with Gasteiger partial charge in [0.25, 0.3) is 0 Å². The van der Waals surface area contributed by atoms with Crippen molar-refractivity contribution in [3.8, 4) is 0 Å². The summed E-state index contributed by atoms with van der Waals surface area (Å²) >= 11 is 1.18. The monoisotopic (exact) mass is 345 g/mol. The highest BCUT2D eigenvalue weighted by Gasteiger charge is 2.27. The Kier molecular flexibility index (Phi) is 4.73. The van der Waals surface area contributed by atoms with Gasteiger partial charge < -0.3 is 5.32 Å². The maximum Gasteiger partial charge on any atom is 0.238 e. The van der Waals surface area contributed by atoms with Gasteiger partial charge >= 0.3 is 0 Å². The van der Waals surface area contributed by atoms with Gasteiger partial charge in [0.15, 0.2) is 0 Å². The summed E-state index contributed by atoms with van der Waals surface area (Å²) in [4.78, 5) is 17.4. The van der Waals surface area contributed by atoms with Crippen molar-refractivity contribution < 1.29 is 4.79 Å². The smallest absolute Gasteiger partial charge is 0.238 e. The molecule has 24 heavy (non-hydrogen) atoms. The third kappa shape index (κ3) is 3.43. The largest absolute Gasteiger partial charge is 0.323 e. The topological polar surface area (TPSA) is 61.4 Å². The molecule has 0 radical (unpaired) electrons. The number of aromatic nitrogens is 2. The summed E-state index contributed by atoms with van der Waals surface area (Å²) in [7, 11) is 0. The van der Waals surface area contributed by atoms with Crippen LogP contribution in [-0.2, 0) is 4.79 Å². The van der Waals surface area contributed by atoms with Crippen molar-refractivity contribution in [1.29, 1.82) is 0 Å². The molecule has 1 atom stereocenters. The highest BCUT2D eigenvalue weighted by atomic mass is 32.1. The number of likely N-dealkylation sites (tertiary alicyclic amines) is 2. The molecule has 2 saturated heterocycles. The molecular weight excluding hydrogens is 322 g/mol. The molecule has 2 aliphatic rings. The first-order valence-corrected chi connectivity index (χ1v) is 9.50. The first-order chi connectivity index (χ1) is 11.8. The summed E-state index contributed by atoms with van der Waals surface area (Å²) in [6.45, 7) is 4.93. The summed E-state index contributed by atoms with van der Waals surface area (Å²) in [6, 6.07) is 6.34. The lowest BCUT2D eigenvalue weighted by Crippen LogP contribution is -2.48. The number of benzene rings is 1. The maximum atomic E-state index is 12.5. The number of nitrogens with zero attached hydrogens (tertiary/aromatic N) is 4. The molecule has 2 fully saturated rings. The van der Waals surface area contributed by atoms with E-state index in [2.05, 4.69) is 23.9 Å². The van der Waals surface area contributed by atoms with Crippen LogP contribution in [0.5, 0.6) is 0 Å². The number of nitrogens with one attached hydrogen (secondary N) is 1. The van der Waals surface area contributed by atoms with Gasteiger partial charge in [-0.25, -0.2) is 0 Å². The lowest BCUT2D eigenvalue weighted by Gasteiger charge is -2.37. The van der Waals surface area contributed by atoms with Crippen LogP contribution < -0.4 is 5.32 Å². The number of carbonyl (C=O) groups is 1. The van der Waals surface area contributed by atoms with Gasteiger partial charge in [-0.1, -0.05) is 6.07 Å². The zero-order chi connectivity index (χ0) is 16.4.